The number of thioether (sulfide) groups is 1. The average molecular weight is 316 g/mol. The number of benzene rings is 1. The van der Waals surface area contributed by atoms with Crippen molar-refractivity contribution in [2.24, 2.45) is 0 Å². The smallest absolute Gasteiger partial charge is 0.230 e. The Morgan fingerprint density at radius 2 is 2.05 bits per heavy atom. The summed E-state index contributed by atoms with van der Waals surface area (Å²) in [6.45, 7) is 0.714. The highest BCUT2D eigenvalue weighted by molar-refractivity contribution is 8.00. The molecule has 1 aromatic carbocycles. The molecule has 3 nitrogen and oxygen atoms in total. The Morgan fingerprint density at radius 1 is 1.23 bits per heavy atom. The van der Waals surface area contributed by atoms with Crippen LogP contribution < -0.4 is 5.32 Å². The van der Waals surface area contributed by atoms with Crippen molar-refractivity contribution in [3.8, 4) is 0 Å². The number of carbonyl (C=O) groups is 1. The van der Waals surface area contributed by atoms with Crippen LogP contribution in [0.15, 0.2) is 30.5 Å². The third kappa shape index (κ3) is 4.07. The molecular weight excluding hydrogens is 292 g/mol. The summed E-state index contributed by atoms with van der Waals surface area (Å²) in [5.74, 6) is 0.786. The average Bonchev–Trinajstić information content (AvgIpc) is 2.97. The number of carbonyl (C=O) groups excluding carboxylic acids is 1. The van der Waals surface area contributed by atoms with E-state index in [1.165, 1.54) is 43.1 Å². The van der Waals surface area contributed by atoms with Crippen LogP contribution in [0.4, 0.5) is 0 Å². The molecule has 0 bridgehead atoms. The van der Waals surface area contributed by atoms with Crippen molar-refractivity contribution in [1.29, 1.82) is 0 Å². The van der Waals surface area contributed by atoms with E-state index in [1.807, 2.05) is 24.0 Å². The monoisotopic (exact) mass is 316 g/mol. The molecule has 0 radical (unpaired) electrons. The SMILES string of the molecule is O=C(CSC1CCCCC1)NCCc1c[nH]c2ccccc12. The molecule has 0 aliphatic heterocycles. The van der Waals surface area contributed by atoms with Crippen molar-refractivity contribution in [2.75, 3.05) is 12.3 Å². The van der Waals surface area contributed by atoms with Crippen LogP contribution in [0.3, 0.4) is 0 Å². The molecule has 2 N–H and O–H groups in total. The number of hydrogen-bond acceptors (Lipinski definition) is 2. The third-order valence-corrected chi connectivity index (χ3v) is 5.77. The molecule has 1 aliphatic rings. The van der Waals surface area contributed by atoms with Crippen LogP contribution in [0.5, 0.6) is 0 Å². The number of rotatable bonds is 6. The number of para-hydroxylation sites is 1. The Balaban J connectivity index is 1.40. The number of amides is 1. The molecule has 4 heteroatoms. The fraction of sp³-hybridized carbons (Fsp3) is 0.500. The largest absolute Gasteiger partial charge is 0.361 e. The van der Waals surface area contributed by atoms with E-state index in [-0.39, 0.29) is 5.91 Å². The lowest BCUT2D eigenvalue weighted by molar-refractivity contribution is -0.118. The van der Waals surface area contributed by atoms with Gasteiger partial charge in [0.25, 0.3) is 0 Å². The third-order valence-electron chi connectivity index (χ3n) is 4.39. The number of H-pyrrole nitrogens is 1. The van der Waals surface area contributed by atoms with E-state index in [2.05, 4.69) is 28.5 Å². The first kappa shape index (κ1) is 15.5. The summed E-state index contributed by atoms with van der Waals surface area (Å²) in [5, 5.41) is 5.01. The van der Waals surface area contributed by atoms with Crippen molar-refractivity contribution >= 4 is 28.6 Å². The summed E-state index contributed by atoms with van der Waals surface area (Å²) in [5.41, 5.74) is 2.44. The quantitative estimate of drug-likeness (QED) is 0.849. The van der Waals surface area contributed by atoms with Crippen molar-refractivity contribution in [3.05, 3.63) is 36.0 Å². The van der Waals surface area contributed by atoms with Gasteiger partial charge in [-0.1, -0.05) is 37.5 Å². The topological polar surface area (TPSA) is 44.9 Å². The van der Waals surface area contributed by atoms with Gasteiger partial charge in [-0.15, -0.1) is 11.8 Å². The zero-order valence-corrected chi connectivity index (χ0v) is 13.8. The summed E-state index contributed by atoms with van der Waals surface area (Å²) in [4.78, 5) is 15.2. The van der Waals surface area contributed by atoms with Crippen LogP contribution in [-0.4, -0.2) is 28.4 Å². The minimum atomic E-state index is 0.176. The van der Waals surface area contributed by atoms with Gasteiger partial charge in [0, 0.05) is 28.9 Å². The molecule has 1 fully saturated rings. The molecule has 1 heterocycles. The van der Waals surface area contributed by atoms with Gasteiger partial charge in [-0.3, -0.25) is 4.79 Å². The maximum Gasteiger partial charge on any atom is 0.230 e. The van der Waals surface area contributed by atoms with Gasteiger partial charge in [0.05, 0.1) is 5.75 Å². The van der Waals surface area contributed by atoms with Crippen LogP contribution in [0.2, 0.25) is 0 Å². The predicted molar refractivity (Wildman–Crippen MR) is 94.3 cm³/mol. The summed E-state index contributed by atoms with van der Waals surface area (Å²) >= 11 is 1.84. The lowest BCUT2D eigenvalue weighted by Gasteiger charge is -2.20. The van der Waals surface area contributed by atoms with Crippen LogP contribution in [0.25, 0.3) is 10.9 Å². The Labute approximate surface area is 136 Å². The number of fused-ring (bicyclic) bond motifs is 1. The maximum atomic E-state index is 11.9. The molecule has 1 saturated carbocycles. The standard InChI is InChI=1S/C18H24N2OS/c21-18(13-22-15-6-2-1-3-7-15)19-11-10-14-12-20-17-9-5-4-8-16(14)17/h4-5,8-9,12,15,20H,1-3,6-7,10-11,13H2,(H,19,21). The first-order chi connectivity index (χ1) is 10.8. The van der Waals surface area contributed by atoms with Crippen molar-refractivity contribution in [1.82, 2.24) is 10.3 Å². The van der Waals surface area contributed by atoms with Gasteiger partial charge in [0.2, 0.25) is 5.91 Å². The second kappa shape index (κ2) is 7.73. The summed E-state index contributed by atoms with van der Waals surface area (Å²) in [6.07, 6.45) is 9.53. The molecule has 2 aromatic rings. The molecule has 0 unspecified atom stereocenters. The molecule has 1 aromatic heterocycles. The highest BCUT2D eigenvalue weighted by Crippen LogP contribution is 2.27. The first-order valence-corrected chi connectivity index (χ1v) is 9.31. The van der Waals surface area contributed by atoms with Crippen LogP contribution in [0, 0.1) is 0 Å². The van der Waals surface area contributed by atoms with Gasteiger partial charge in [0.15, 0.2) is 0 Å². The summed E-state index contributed by atoms with van der Waals surface area (Å²) < 4.78 is 0. The van der Waals surface area contributed by atoms with Gasteiger partial charge in [-0.25, -0.2) is 0 Å². The Hall–Kier alpha value is -1.42. The van der Waals surface area contributed by atoms with Crippen LogP contribution >= 0.6 is 11.8 Å². The highest BCUT2D eigenvalue weighted by Gasteiger charge is 2.15. The lowest BCUT2D eigenvalue weighted by atomic mass is 10.0. The number of nitrogens with one attached hydrogen (secondary N) is 2. The second-order valence-corrected chi connectivity index (χ2v) is 7.32. The molecule has 0 spiro atoms. The molecule has 22 heavy (non-hydrogen) atoms. The second-order valence-electron chi connectivity index (χ2n) is 6.03. The van der Waals surface area contributed by atoms with Crippen LogP contribution in [-0.2, 0) is 11.2 Å². The number of aromatic nitrogens is 1. The van der Waals surface area contributed by atoms with Gasteiger partial charge in [0.1, 0.15) is 0 Å². The molecule has 0 atom stereocenters. The van der Waals surface area contributed by atoms with E-state index in [1.54, 1.807) is 0 Å². The van der Waals surface area contributed by atoms with Crippen LogP contribution in [0.1, 0.15) is 37.7 Å². The molecule has 0 saturated heterocycles. The predicted octanol–water partition coefficient (Wildman–Crippen LogP) is 3.89. The van der Waals surface area contributed by atoms with Crippen molar-refractivity contribution in [2.45, 2.75) is 43.8 Å². The van der Waals surface area contributed by atoms with E-state index in [0.29, 0.717) is 17.5 Å². The van der Waals surface area contributed by atoms with E-state index >= 15 is 0 Å². The zero-order chi connectivity index (χ0) is 15.2. The van der Waals surface area contributed by atoms with Crippen molar-refractivity contribution in [3.63, 3.8) is 0 Å². The Morgan fingerprint density at radius 3 is 2.91 bits per heavy atom. The molecule has 1 aliphatic carbocycles. The summed E-state index contributed by atoms with van der Waals surface area (Å²) in [7, 11) is 0. The number of aromatic amines is 1. The molecule has 1 amide bonds. The Kier molecular flexibility index (Phi) is 5.43. The first-order valence-electron chi connectivity index (χ1n) is 8.26. The molecular formula is C18H24N2OS. The van der Waals surface area contributed by atoms with E-state index < -0.39 is 0 Å². The Bertz CT molecular complexity index is 616. The van der Waals surface area contributed by atoms with E-state index in [4.69, 9.17) is 0 Å². The fourth-order valence-corrected chi connectivity index (χ4v) is 4.31. The van der Waals surface area contributed by atoms with Gasteiger partial charge in [-0.2, -0.15) is 0 Å². The highest BCUT2D eigenvalue weighted by atomic mass is 32.2. The van der Waals surface area contributed by atoms with Gasteiger partial charge >= 0.3 is 0 Å². The summed E-state index contributed by atoms with van der Waals surface area (Å²) in [6, 6.07) is 8.30. The van der Waals surface area contributed by atoms with E-state index in [9.17, 15) is 4.79 Å². The number of hydrogen-bond donors (Lipinski definition) is 2. The minimum absolute atomic E-state index is 0.176. The maximum absolute atomic E-state index is 11.9. The van der Waals surface area contributed by atoms with Crippen molar-refractivity contribution < 1.29 is 4.79 Å². The van der Waals surface area contributed by atoms with E-state index in [0.717, 1.165) is 11.9 Å². The normalized spacial score (nSPS) is 16.0. The van der Waals surface area contributed by atoms with Gasteiger partial charge in [-0.05, 0) is 30.9 Å². The lowest BCUT2D eigenvalue weighted by Crippen LogP contribution is -2.28. The zero-order valence-electron chi connectivity index (χ0n) is 12.9. The fourth-order valence-electron chi connectivity index (χ4n) is 3.15. The minimum Gasteiger partial charge on any atom is -0.361 e. The molecule has 3 rings (SSSR count). The molecule has 118 valence electrons. The van der Waals surface area contributed by atoms with Gasteiger partial charge < -0.3 is 10.3 Å².